The highest BCUT2D eigenvalue weighted by Gasteiger charge is 2.29. The fraction of sp³-hybridized carbons (Fsp3) is 0.171. The molecule has 4 aromatic heterocycles. The van der Waals surface area contributed by atoms with Gasteiger partial charge in [0.25, 0.3) is 5.91 Å². The van der Waals surface area contributed by atoms with Crippen LogP contribution in [0.4, 0.5) is 23.2 Å². The molecule has 1 fully saturated rings. The molecule has 0 aliphatic carbocycles. The number of amides is 1. The number of benzene rings is 3. The second kappa shape index (κ2) is 11.2. The number of fused-ring (bicyclic) bond motifs is 6. The van der Waals surface area contributed by atoms with Crippen LogP contribution >= 0.6 is 12.8 Å². The van der Waals surface area contributed by atoms with Gasteiger partial charge in [0, 0.05) is 55.7 Å². The first-order chi connectivity index (χ1) is 23.1. The van der Waals surface area contributed by atoms with Gasteiger partial charge in [0.2, 0.25) is 0 Å². The van der Waals surface area contributed by atoms with Gasteiger partial charge >= 0.3 is 0 Å². The summed E-state index contributed by atoms with van der Waals surface area (Å²) in [6.07, 6.45) is -0.884. The van der Waals surface area contributed by atoms with E-state index in [0.29, 0.717) is 75.2 Å². The Kier molecular flexibility index (Phi) is 7.07. The van der Waals surface area contributed by atoms with Crippen molar-refractivity contribution in [3.63, 3.8) is 0 Å². The molecule has 5 heterocycles. The minimum Gasteiger partial charge on any atom is -0.455 e. The van der Waals surface area contributed by atoms with E-state index in [2.05, 4.69) is 18.1 Å². The number of hydrogen-bond acceptors (Lipinski definition) is 7. The molecule has 48 heavy (non-hydrogen) atoms. The second-order valence-corrected chi connectivity index (χ2v) is 12.4. The molecular weight excluding hydrogens is 644 g/mol. The number of hydrogen-bond donors (Lipinski definition) is 2. The summed E-state index contributed by atoms with van der Waals surface area (Å²) in [5.74, 6) is -1.99. The third kappa shape index (κ3) is 4.75. The average Bonchev–Trinajstić information content (AvgIpc) is 3.63. The van der Waals surface area contributed by atoms with Gasteiger partial charge in [0.05, 0.1) is 45.6 Å². The van der Waals surface area contributed by atoms with Crippen molar-refractivity contribution < 1.29 is 26.8 Å². The lowest BCUT2D eigenvalue weighted by molar-refractivity contribution is 0.0567. The van der Waals surface area contributed by atoms with Gasteiger partial charge in [0.1, 0.15) is 40.5 Å². The maximum absolute atomic E-state index is 15.1. The van der Waals surface area contributed by atoms with Gasteiger partial charge in [-0.25, -0.2) is 27.5 Å². The number of anilines is 1. The fourth-order valence-electron chi connectivity index (χ4n) is 6.48. The molecule has 1 saturated heterocycles. The van der Waals surface area contributed by atoms with Crippen molar-refractivity contribution in [2.75, 3.05) is 31.5 Å². The van der Waals surface area contributed by atoms with Crippen LogP contribution in [0.2, 0.25) is 0 Å². The topological polar surface area (TPSA) is 78.9 Å². The number of carbonyl (C=O) groups is 1. The SMILES string of the molecule is CNC(=O)c1c(-c2ccc(F)cc2F)oc2cc(N(C)S)c(-c3ccc4nc(CN5CC(F)C5)n5c6cccc(F)c6cc5c4n3)cc12. The van der Waals surface area contributed by atoms with Crippen LogP contribution in [-0.2, 0) is 6.54 Å². The number of halogens is 4. The minimum atomic E-state index is -0.884. The third-order valence-electron chi connectivity index (χ3n) is 8.76. The Hall–Kier alpha value is -5.14. The highest BCUT2D eigenvalue weighted by atomic mass is 32.1. The number of carbonyl (C=O) groups excluding carboxylic acids is 1. The van der Waals surface area contributed by atoms with E-state index in [4.69, 9.17) is 14.4 Å². The average molecular weight is 671 g/mol. The van der Waals surface area contributed by atoms with E-state index >= 15 is 4.39 Å². The summed E-state index contributed by atoms with van der Waals surface area (Å²) in [5.41, 5.74) is 4.19. The molecule has 0 radical (unpaired) electrons. The summed E-state index contributed by atoms with van der Waals surface area (Å²) < 4.78 is 67.0. The molecule has 8 rings (SSSR count). The van der Waals surface area contributed by atoms with Crippen molar-refractivity contribution in [1.82, 2.24) is 24.6 Å². The maximum atomic E-state index is 15.1. The summed E-state index contributed by atoms with van der Waals surface area (Å²) >= 11 is 4.56. The zero-order chi connectivity index (χ0) is 33.4. The van der Waals surface area contributed by atoms with Gasteiger partial charge in [-0.2, -0.15) is 0 Å². The van der Waals surface area contributed by atoms with Crippen LogP contribution in [0.1, 0.15) is 16.2 Å². The largest absolute Gasteiger partial charge is 0.455 e. The van der Waals surface area contributed by atoms with Gasteiger partial charge in [-0.3, -0.25) is 14.1 Å². The van der Waals surface area contributed by atoms with Crippen LogP contribution in [0, 0.1) is 17.5 Å². The van der Waals surface area contributed by atoms with Gasteiger partial charge in [-0.05, 0) is 48.5 Å². The van der Waals surface area contributed by atoms with Gasteiger partial charge < -0.3 is 14.0 Å². The zero-order valence-corrected chi connectivity index (χ0v) is 26.5. The van der Waals surface area contributed by atoms with E-state index in [1.807, 2.05) is 21.4 Å². The molecule has 3 aromatic carbocycles. The normalized spacial score (nSPS) is 14.0. The summed E-state index contributed by atoms with van der Waals surface area (Å²) in [6.45, 7) is 0.978. The first-order valence-electron chi connectivity index (χ1n) is 15.1. The molecule has 242 valence electrons. The Morgan fingerprint density at radius 1 is 0.979 bits per heavy atom. The number of likely N-dealkylation sites (tertiary alicyclic amines) is 1. The van der Waals surface area contributed by atoms with Crippen molar-refractivity contribution in [3.8, 4) is 22.6 Å². The summed E-state index contributed by atoms with van der Waals surface area (Å²) in [7, 11) is 3.16. The van der Waals surface area contributed by atoms with Crippen LogP contribution in [0.3, 0.4) is 0 Å². The molecule has 0 spiro atoms. The number of aromatic nitrogens is 3. The quantitative estimate of drug-likeness (QED) is 0.143. The van der Waals surface area contributed by atoms with Crippen molar-refractivity contribution >= 4 is 62.8 Å². The lowest BCUT2D eigenvalue weighted by Gasteiger charge is -2.34. The molecule has 0 saturated carbocycles. The smallest absolute Gasteiger partial charge is 0.255 e. The zero-order valence-electron chi connectivity index (χ0n) is 25.6. The van der Waals surface area contributed by atoms with Crippen LogP contribution in [0.15, 0.2) is 71.1 Å². The summed E-state index contributed by atoms with van der Waals surface area (Å²) in [4.78, 5) is 25.1. The van der Waals surface area contributed by atoms with E-state index in [1.54, 1.807) is 41.7 Å². The molecule has 0 atom stereocenters. The third-order valence-corrected chi connectivity index (χ3v) is 8.97. The number of nitrogens with zero attached hydrogens (tertiary/aromatic N) is 5. The van der Waals surface area contributed by atoms with Gasteiger partial charge in [-0.15, -0.1) is 0 Å². The number of alkyl halides is 1. The molecule has 0 unspecified atom stereocenters. The number of thiol groups is 1. The maximum Gasteiger partial charge on any atom is 0.255 e. The number of pyridine rings is 1. The lowest BCUT2D eigenvalue weighted by atomic mass is 10.0. The van der Waals surface area contributed by atoms with E-state index in [-0.39, 0.29) is 22.5 Å². The monoisotopic (exact) mass is 670 g/mol. The predicted molar refractivity (Wildman–Crippen MR) is 179 cm³/mol. The summed E-state index contributed by atoms with van der Waals surface area (Å²) in [5, 5.41) is 3.36. The minimum absolute atomic E-state index is 0.0557. The molecule has 13 heteroatoms. The summed E-state index contributed by atoms with van der Waals surface area (Å²) in [6, 6.07) is 16.6. The highest BCUT2D eigenvalue weighted by molar-refractivity contribution is 7.81. The molecular formula is C35H26F4N6O2S. The van der Waals surface area contributed by atoms with Crippen LogP contribution in [0.5, 0.6) is 0 Å². The molecule has 1 aliphatic heterocycles. The van der Waals surface area contributed by atoms with E-state index in [9.17, 15) is 18.0 Å². The molecule has 8 nitrogen and oxygen atoms in total. The fourth-order valence-corrected chi connectivity index (χ4v) is 6.64. The molecule has 1 aliphatic rings. The first kappa shape index (κ1) is 30.2. The number of rotatable bonds is 6. The van der Waals surface area contributed by atoms with Crippen molar-refractivity contribution in [2.24, 2.45) is 0 Å². The van der Waals surface area contributed by atoms with Crippen LogP contribution < -0.4 is 9.62 Å². The van der Waals surface area contributed by atoms with Crippen molar-refractivity contribution in [2.45, 2.75) is 12.7 Å². The molecule has 7 aromatic rings. The first-order valence-corrected chi connectivity index (χ1v) is 15.5. The lowest BCUT2D eigenvalue weighted by Crippen LogP contribution is -2.47. The van der Waals surface area contributed by atoms with Crippen molar-refractivity contribution in [3.05, 3.63) is 95.6 Å². The second-order valence-electron chi connectivity index (χ2n) is 11.8. The highest BCUT2D eigenvalue weighted by Crippen LogP contribution is 2.42. The van der Waals surface area contributed by atoms with Gasteiger partial charge in [0.15, 0.2) is 5.76 Å². The molecule has 1 amide bonds. The Morgan fingerprint density at radius 3 is 2.52 bits per heavy atom. The Bertz CT molecular complexity index is 2450. The van der Waals surface area contributed by atoms with E-state index in [1.165, 1.54) is 19.2 Å². The molecule has 1 N–H and O–H groups in total. The van der Waals surface area contributed by atoms with E-state index < -0.39 is 29.5 Å². The van der Waals surface area contributed by atoms with Crippen LogP contribution in [-0.4, -0.2) is 58.5 Å². The predicted octanol–water partition coefficient (Wildman–Crippen LogP) is 7.33. The van der Waals surface area contributed by atoms with Crippen LogP contribution in [0.25, 0.3) is 61.0 Å². The Labute approximate surface area is 276 Å². The number of nitrogens with one attached hydrogen (secondary N) is 1. The molecule has 0 bridgehead atoms. The Morgan fingerprint density at radius 2 is 1.79 bits per heavy atom. The Balaban J connectivity index is 1.37. The van der Waals surface area contributed by atoms with E-state index in [0.717, 1.165) is 12.1 Å². The number of furan rings is 1. The van der Waals surface area contributed by atoms with Gasteiger partial charge in [-0.1, -0.05) is 18.9 Å². The standard InChI is InChI=1S/C35H26F4N6O2S/c1-40-35(46)32-22-11-21(28(43(2)48)13-30(22)47-34(32)19-7-6-17(36)10-24(19)39)25-8-9-26-33(42-25)29-12-20-23(38)4-3-5-27(20)45(29)31(41-26)16-44-14-18(37)15-44/h3-13,18,48H,14-16H2,1-2H3,(H,40,46). The van der Waals surface area contributed by atoms with Crippen molar-refractivity contribution in [1.29, 1.82) is 0 Å².